The Kier molecular flexibility index (Phi) is 2.64. The molecule has 0 heterocycles. The van der Waals surface area contributed by atoms with Crippen LogP contribution in [0.25, 0.3) is 0 Å². The van der Waals surface area contributed by atoms with Crippen molar-refractivity contribution in [1.82, 2.24) is 0 Å². The fourth-order valence-electron chi connectivity index (χ4n) is 2.32. The summed E-state index contributed by atoms with van der Waals surface area (Å²) in [5, 5.41) is 0. The topological polar surface area (TPSA) is 86.2 Å². The molecule has 0 saturated carbocycles. The van der Waals surface area contributed by atoms with E-state index in [1.807, 2.05) is 0 Å². The molecular formula is C12H14N2O2. The summed E-state index contributed by atoms with van der Waals surface area (Å²) in [4.78, 5) is 22.7. The summed E-state index contributed by atoms with van der Waals surface area (Å²) >= 11 is 0. The lowest BCUT2D eigenvalue weighted by molar-refractivity contribution is 0.0998. The maximum absolute atomic E-state index is 11.4. The van der Waals surface area contributed by atoms with Crippen molar-refractivity contribution in [3.05, 3.63) is 34.4 Å². The SMILES string of the molecule is NC(=O)c1ccc2c(C(N)=O)c1CCCC2. The summed E-state index contributed by atoms with van der Waals surface area (Å²) in [5.41, 5.74) is 13.3. The Hall–Kier alpha value is -1.84. The van der Waals surface area contributed by atoms with E-state index in [9.17, 15) is 9.59 Å². The highest BCUT2D eigenvalue weighted by molar-refractivity contribution is 6.02. The predicted molar refractivity (Wildman–Crippen MR) is 60.1 cm³/mol. The molecule has 0 aliphatic heterocycles. The summed E-state index contributed by atoms with van der Waals surface area (Å²) in [5.74, 6) is -0.957. The van der Waals surface area contributed by atoms with Gasteiger partial charge in [0.1, 0.15) is 0 Å². The Labute approximate surface area is 93.6 Å². The molecule has 0 atom stereocenters. The molecular weight excluding hydrogens is 204 g/mol. The van der Waals surface area contributed by atoms with Crippen molar-refractivity contribution in [3.63, 3.8) is 0 Å². The molecule has 1 aromatic carbocycles. The van der Waals surface area contributed by atoms with E-state index in [0.29, 0.717) is 17.5 Å². The fourth-order valence-corrected chi connectivity index (χ4v) is 2.32. The highest BCUT2D eigenvalue weighted by Gasteiger charge is 2.21. The molecule has 4 heteroatoms. The van der Waals surface area contributed by atoms with Gasteiger partial charge in [-0.3, -0.25) is 9.59 Å². The molecule has 1 aliphatic carbocycles. The summed E-state index contributed by atoms with van der Waals surface area (Å²) in [6.07, 6.45) is 3.49. The van der Waals surface area contributed by atoms with Crippen molar-refractivity contribution in [2.45, 2.75) is 25.7 Å². The van der Waals surface area contributed by atoms with Gasteiger partial charge in [0.25, 0.3) is 0 Å². The minimum Gasteiger partial charge on any atom is -0.366 e. The number of amides is 2. The lowest BCUT2D eigenvalue weighted by Crippen LogP contribution is -2.21. The quantitative estimate of drug-likeness (QED) is 0.767. The maximum atomic E-state index is 11.4. The molecule has 0 fully saturated rings. The van der Waals surface area contributed by atoms with Crippen LogP contribution in [0, 0.1) is 0 Å². The van der Waals surface area contributed by atoms with Crippen LogP contribution >= 0.6 is 0 Å². The predicted octanol–water partition coefficient (Wildman–Crippen LogP) is 0.763. The van der Waals surface area contributed by atoms with E-state index >= 15 is 0 Å². The number of primary amides is 2. The number of aryl methyl sites for hydroxylation is 1. The molecule has 2 rings (SSSR count). The van der Waals surface area contributed by atoms with Crippen molar-refractivity contribution in [3.8, 4) is 0 Å². The van der Waals surface area contributed by atoms with E-state index in [0.717, 1.165) is 30.4 Å². The van der Waals surface area contributed by atoms with Crippen molar-refractivity contribution in [2.24, 2.45) is 11.5 Å². The third-order valence-corrected chi connectivity index (χ3v) is 3.03. The van der Waals surface area contributed by atoms with Gasteiger partial charge in [-0.1, -0.05) is 6.07 Å². The van der Waals surface area contributed by atoms with Crippen molar-refractivity contribution >= 4 is 11.8 Å². The average Bonchev–Trinajstić information content (AvgIpc) is 2.36. The molecule has 0 saturated heterocycles. The minimum atomic E-state index is -0.494. The van der Waals surface area contributed by atoms with Gasteiger partial charge in [-0.15, -0.1) is 0 Å². The molecule has 0 spiro atoms. The van der Waals surface area contributed by atoms with Crippen LogP contribution in [0.1, 0.15) is 44.7 Å². The second-order valence-electron chi connectivity index (χ2n) is 4.06. The number of hydrogen-bond acceptors (Lipinski definition) is 2. The van der Waals surface area contributed by atoms with Crippen LogP contribution in [0.3, 0.4) is 0 Å². The molecule has 2 bridgehead atoms. The lowest BCUT2D eigenvalue weighted by Gasteiger charge is -2.11. The zero-order valence-electron chi connectivity index (χ0n) is 8.95. The molecule has 0 unspecified atom stereocenters. The van der Waals surface area contributed by atoms with Crippen LogP contribution < -0.4 is 11.5 Å². The van der Waals surface area contributed by atoms with Gasteiger partial charge in [0, 0.05) is 11.1 Å². The second-order valence-corrected chi connectivity index (χ2v) is 4.06. The second kappa shape index (κ2) is 3.96. The monoisotopic (exact) mass is 218 g/mol. The molecule has 16 heavy (non-hydrogen) atoms. The largest absolute Gasteiger partial charge is 0.366 e. The normalized spacial score (nSPS) is 14.2. The average molecular weight is 218 g/mol. The standard InChI is InChI=1S/C12H14N2O2/c13-11(15)9-6-5-7-3-1-2-4-8(9)10(7)12(14)16/h5-6H,1-4H2,(H2,13,15)(H2,14,16). The van der Waals surface area contributed by atoms with Gasteiger partial charge in [-0.2, -0.15) is 0 Å². The van der Waals surface area contributed by atoms with Gasteiger partial charge in [0.15, 0.2) is 0 Å². The summed E-state index contributed by atoms with van der Waals surface area (Å²) in [6.45, 7) is 0. The Morgan fingerprint density at radius 2 is 1.69 bits per heavy atom. The Morgan fingerprint density at radius 3 is 2.31 bits per heavy atom. The van der Waals surface area contributed by atoms with Crippen molar-refractivity contribution in [1.29, 1.82) is 0 Å². The van der Waals surface area contributed by atoms with E-state index in [-0.39, 0.29) is 0 Å². The number of benzene rings is 1. The van der Waals surface area contributed by atoms with Crippen LogP contribution in [0.4, 0.5) is 0 Å². The van der Waals surface area contributed by atoms with Gasteiger partial charge in [0.05, 0.1) is 0 Å². The number of nitrogens with two attached hydrogens (primary N) is 2. The van der Waals surface area contributed by atoms with Crippen molar-refractivity contribution in [2.75, 3.05) is 0 Å². The smallest absolute Gasteiger partial charge is 0.249 e. The number of fused-ring (bicyclic) bond motifs is 2. The maximum Gasteiger partial charge on any atom is 0.249 e. The summed E-state index contributed by atoms with van der Waals surface area (Å²) in [6, 6.07) is 3.49. The van der Waals surface area contributed by atoms with Gasteiger partial charge in [0.2, 0.25) is 11.8 Å². The molecule has 1 aliphatic rings. The van der Waals surface area contributed by atoms with Crippen LogP contribution in [-0.4, -0.2) is 11.8 Å². The first-order valence-electron chi connectivity index (χ1n) is 5.35. The van der Waals surface area contributed by atoms with E-state index in [2.05, 4.69) is 0 Å². The van der Waals surface area contributed by atoms with Gasteiger partial charge >= 0.3 is 0 Å². The van der Waals surface area contributed by atoms with E-state index in [4.69, 9.17) is 11.5 Å². The first kappa shape index (κ1) is 10.7. The zero-order chi connectivity index (χ0) is 11.7. The molecule has 4 N–H and O–H groups in total. The molecule has 0 aromatic heterocycles. The number of carbonyl (C=O) groups is 2. The molecule has 1 aromatic rings. The van der Waals surface area contributed by atoms with Crippen LogP contribution in [0.15, 0.2) is 12.1 Å². The molecule has 84 valence electrons. The molecule has 2 amide bonds. The lowest BCUT2D eigenvalue weighted by atomic mass is 9.94. The number of rotatable bonds is 2. The molecule has 4 nitrogen and oxygen atoms in total. The number of hydrogen-bond donors (Lipinski definition) is 2. The van der Waals surface area contributed by atoms with Crippen LogP contribution in [0.5, 0.6) is 0 Å². The first-order valence-corrected chi connectivity index (χ1v) is 5.35. The molecule has 0 radical (unpaired) electrons. The third kappa shape index (κ3) is 1.66. The summed E-state index contributed by atoms with van der Waals surface area (Å²) < 4.78 is 0. The van der Waals surface area contributed by atoms with E-state index < -0.39 is 11.8 Å². The zero-order valence-corrected chi connectivity index (χ0v) is 8.95. The number of carbonyl (C=O) groups excluding carboxylic acids is 2. The Morgan fingerprint density at radius 1 is 1.00 bits per heavy atom. The van der Waals surface area contributed by atoms with E-state index in [1.54, 1.807) is 12.1 Å². The first-order chi connectivity index (χ1) is 7.61. The van der Waals surface area contributed by atoms with E-state index in [1.165, 1.54) is 0 Å². The minimum absolute atomic E-state index is 0.430. The Bertz CT molecular complexity index is 466. The van der Waals surface area contributed by atoms with Gasteiger partial charge in [-0.05, 0) is 42.9 Å². The fraction of sp³-hybridized carbons (Fsp3) is 0.333. The van der Waals surface area contributed by atoms with Crippen LogP contribution in [-0.2, 0) is 12.8 Å². The summed E-state index contributed by atoms with van der Waals surface area (Å²) in [7, 11) is 0. The van der Waals surface area contributed by atoms with Crippen LogP contribution in [0.2, 0.25) is 0 Å². The van der Waals surface area contributed by atoms with Crippen molar-refractivity contribution < 1.29 is 9.59 Å². The Balaban J connectivity index is 2.69. The highest BCUT2D eigenvalue weighted by Crippen LogP contribution is 2.26. The van der Waals surface area contributed by atoms with Gasteiger partial charge < -0.3 is 11.5 Å². The third-order valence-electron chi connectivity index (χ3n) is 3.03. The highest BCUT2D eigenvalue weighted by atomic mass is 16.1. The van der Waals surface area contributed by atoms with Gasteiger partial charge in [-0.25, -0.2) is 0 Å².